The van der Waals surface area contributed by atoms with E-state index in [2.05, 4.69) is 38.3 Å². The second-order valence-corrected chi connectivity index (χ2v) is 6.27. The molecule has 0 saturated carbocycles. The molecule has 3 heteroatoms. The Bertz CT molecular complexity index is 211. The van der Waals surface area contributed by atoms with Crippen LogP contribution in [0.4, 0.5) is 0 Å². The zero-order valence-electron chi connectivity index (χ0n) is 11.2. The molecular formula is C12H26N2O. The van der Waals surface area contributed by atoms with E-state index >= 15 is 0 Å². The van der Waals surface area contributed by atoms with Crippen molar-refractivity contribution >= 4 is 5.91 Å². The van der Waals surface area contributed by atoms with Crippen molar-refractivity contribution in [2.24, 2.45) is 5.41 Å². The number of hydrogen-bond donors (Lipinski definition) is 2. The zero-order valence-corrected chi connectivity index (χ0v) is 11.2. The van der Waals surface area contributed by atoms with E-state index in [9.17, 15) is 4.79 Å². The SMILES string of the molecule is CC(NCC(=O)NC(C)(C)C)C(C)(C)C. The number of carbonyl (C=O) groups is 1. The maximum absolute atomic E-state index is 11.5. The maximum Gasteiger partial charge on any atom is 0.234 e. The molecule has 90 valence electrons. The van der Waals surface area contributed by atoms with Crippen LogP contribution in [0.2, 0.25) is 0 Å². The van der Waals surface area contributed by atoms with E-state index in [0.717, 1.165) is 0 Å². The monoisotopic (exact) mass is 214 g/mol. The lowest BCUT2D eigenvalue weighted by Crippen LogP contribution is -2.48. The van der Waals surface area contributed by atoms with Crippen molar-refractivity contribution in [2.75, 3.05) is 6.54 Å². The van der Waals surface area contributed by atoms with E-state index in [4.69, 9.17) is 0 Å². The molecule has 0 saturated heterocycles. The van der Waals surface area contributed by atoms with Crippen molar-refractivity contribution in [1.29, 1.82) is 0 Å². The molecule has 3 nitrogen and oxygen atoms in total. The Morgan fingerprint density at radius 1 is 1.13 bits per heavy atom. The summed E-state index contributed by atoms with van der Waals surface area (Å²) in [6.45, 7) is 14.9. The van der Waals surface area contributed by atoms with Gasteiger partial charge >= 0.3 is 0 Å². The van der Waals surface area contributed by atoms with Crippen LogP contribution in [-0.4, -0.2) is 24.0 Å². The molecule has 0 aliphatic rings. The highest BCUT2D eigenvalue weighted by Crippen LogP contribution is 2.17. The minimum atomic E-state index is -0.149. The van der Waals surface area contributed by atoms with E-state index in [1.54, 1.807) is 0 Å². The molecule has 0 aromatic heterocycles. The van der Waals surface area contributed by atoms with Crippen LogP contribution in [0.25, 0.3) is 0 Å². The Kier molecular flexibility index (Phi) is 4.78. The van der Waals surface area contributed by atoms with Gasteiger partial charge in [0.1, 0.15) is 0 Å². The summed E-state index contributed by atoms with van der Waals surface area (Å²) in [5.74, 6) is 0.0543. The van der Waals surface area contributed by atoms with Crippen LogP contribution in [0.5, 0.6) is 0 Å². The van der Waals surface area contributed by atoms with Crippen molar-refractivity contribution in [1.82, 2.24) is 10.6 Å². The minimum absolute atomic E-state index is 0.0543. The fraction of sp³-hybridized carbons (Fsp3) is 0.917. The van der Waals surface area contributed by atoms with Crippen LogP contribution in [0, 0.1) is 5.41 Å². The molecule has 0 aromatic rings. The van der Waals surface area contributed by atoms with Crippen LogP contribution >= 0.6 is 0 Å². The van der Waals surface area contributed by atoms with E-state index in [0.29, 0.717) is 12.6 Å². The number of nitrogens with one attached hydrogen (secondary N) is 2. The summed E-state index contributed by atoms with van der Waals surface area (Å²) >= 11 is 0. The van der Waals surface area contributed by atoms with Crippen LogP contribution < -0.4 is 10.6 Å². The molecule has 0 fully saturated rings. The summed E-state index contributed by atoms with van der Waals surface area (Å²) in [4.78, 5) is 11.5. The highest BCUT2D eigenvalue weighted by molar-refractivity contribution is 5.78. The van der Waals surface area contributed by atoms with Crippen molar-refractivity contribution in [3.8, 4) is 0 Å². The third-order valence-corrected chi connectivity index (χ3v) is 2.38. The maximum atomic E-state index is 11.5. The van der Waals surface area contributed by atoms with Crippen molar-refractivity contribution in [3.05, 3.63) is 0 Å². The Hall–Kier alpha value is -0.570. The average Bonchev–Trinajstić information content (AvgIpc) is 1.94. The predicted octanol–water partition coefficient (Wildman–Crippen LogP) is 1.93. The summed E-state index contributed by atoms with van der Waals surface area (Å²) in [6.07, 6.45) is 0. The second-order valence-electron chi connectivity index (χ2n) is 6.27. The average molecular weight is 214 g/mol. The molecule has 0 rings (SSSR count). The van der Waals surface area contributed by atoms with Crippen molar-refractivity contribution < 1.29 is 4.79 Å². The van der Waals surface area contributed by atoms with Crippen LogP contribution in [-0.2, 0) is 4.79 Å². The van der Waals surface area contributed by atoms with Crippen LogP contribution in [0.15, 0.2) is 0 Å². The Morgan fingerprint density at radius 2 is 1.60 bits per heavy atom. The molecule has 0 bridgehead atoms. The fourth-order valence-corrected chi connectivity index (χ4v) is 1.01. The Morgan fingerprint density at radius 3 is 1.93 bits per heavy atom. The normalized spacial score (nSPS) is 14.9. The third kappa shape index (κ3) is 7.37. The van der Waals surface area contributed by atoms with Gasteiger partial charge in [0.05, 0.1) is 6.54 Å². The largest absolute Gasteiger partial charge is 0.350 e. The number of rotatable bonds is 3. The second kappa shape index (κ2) is 4.97. The molecule has 0 aliphatic carbocycles. The molecule has 1 atom stereocenters. The molecule has 1 amide bonds. The van der Waals surface area contributed by atoms with Crippen LogP contribution in [0.3, 0.4) is 0 Å². The Balaban J connectivity index is 3.92. The molecular weight excluding hydrogens is 188 g/mol. The van der Waals surface area contributed by atoms with Gasteiger partial charge in [0.2, 0.25) is 5.91 Å². The van der Waals surface area contributed by atoms with Gasteiger partial charge in [0, 0.05) is 11.6 Å². The molecule has 0 aromatic carbocycles. The molecule has 0 aliphatic heterocycles. The smallest absolute Gasteiger partial charge is 0.234 e. The summed E-state index contributed by atoms with van der Waals surface area (Å²) in [7, 11) is 0. The van der Waals surface area contributed by atoms with Gasteiger partial charge in [-0.2, -0.15) is 0 Å². The fourth-order valence-electron chi connectivity index (χ4n) is 1.01. The molecule has 0 spiro atoms. The summed E-state index contributed by atoms with van der Waals surface area (Å²) in [6, 6.07) is 0.322. The highest BCUT2D eigenvalue weighted by Gasteiger charge is 2.21. The van der Waals surface area contributed by atoms with Gasteiger partial charge in [-0.05, 0) is 33.1 Å². The lowest BCUT2D eigenvalue weighted by Gasteiger charge is -2.28. The van der Waals surface area contributed by atoms with E-state index in [1.165, 1.54) is 0 Å². The minimum Gasteiger partial charge on any atom is -0.350 e. The standard InChI is InChI=1S/C12H26N2O/c1-9(11(2,3)4)13-8-10(15)14-12(5,6)7/h9,13H,8H2,1-7H3,(H,14,15). The number of amides is 1. The topological polar surface area (TPSA) is 41.1 Å². The summed E-state index contributed by atoms with van der Waals surface area (Å²) in [5, 5.41) is 6.16. The predicted molar refractivity (Wildman–Crippen MR) is 64.8 cm³/mol. The first-order valence-corrected chi connectivity index (χ1v) is 5.57. The van der Waals surface area contributed by atoms with Crippen molar-refractivity contribution in [3.63, 3.8) is 0 Å². The Labute approximate surface area is 94.0 Å². The van der Waals surface area contributed by atoms with Gasteiger partial charge in [-0.25, -0.2) is 0 Å². The quantitative estimate of drug-likeness (QED) is 0.753. The van der Waals surface area contributed by atoms with E-state index in [1.807, 2.05) is 20.8 Å². The molecule has 1 unspecified atom stereocenters. The van der Waals surface area contributed by atoms with Gasteiger partial charge in [-0.15, -0.1) is 0 Å². The van der Waals surface area contributed by atoms with E-state index < -0.39 is 0 Å². The van der Waals surface area contributed by atoms with Gasteiger partial charge in [-0.3, -0.25) is 4.79 Å². The van der Waals surface area contributed by atoms with Crippen molar-refractivity contribution in [2.45, 2.75) is 60.0 Å². The molecule has 0 radical (unpaired) electrons. The van der Waals surface area contributed by atoms with Crippen LogP contribution in [0.1, 0.15) is 48.5 Å². The molecule has 0 heterocycles. The zero-order chi connectivity index (χ0) is 12.3. The van der Waals surface area contributed by atoms with E-state index in [-0.39, 0.29) is 16.9 Å². The summed E-state index contributed by atoms with van der Waals surface area (Å²) < 4.78 is 0. The molecule has 2 N–H and O–H groups in total. The lowest BCUT2D eigenvalue weighted by atomic mass is 9.88. The first-order chi connectivity index (χ1) is 6.52. The van der Waals surface area contributed by atoms with Gasteiger partial charge in [0.15, 0.2) is 0 Å². The highest BCUT2D eigenvalue weighted by atomic mass is 16.2. The summed E-state index contributed by atoms with van der Waals surface area (Å²) in [5.41, 5.74) is 0.0335. The first-order valence-electron chi connectivity index (χ1n) is 5.57. The van der Waals surface area contributed by atoms with Gasteiger partial charge in [0.25, 0.3) is 0 Å². The van der Waals surface area contributed by atoms with Gasteiger partial charge < -0.3 is 10.6 Å². The number of carbonyl (C=O) groups excluding carboxylic acids is 1. The molecule has 15 heavy (non-hydrogen) atoms. The lowest BCUT2D eigenvalue weighted by molar-refractivity contribution is -0.121. The van der Waals surface area contributed by atoms with Gasteiger partial charge in [-0.1, -0.05) is 20.8 Å². The first kappa shape index (κ1) is 14.4. The number of hydrogen-bond acceptors (Lipinski definition) is 2. The third-order valence-electron chi connectivity index (χ3n) is 2.38.